The first-order chi connectivity index (χ1) is 6.88. The van der Waals surface area contributed by atoms with E-state index in [1.54, 1.807) is 0 Å². The summed E-state index contributed by atoms with van der Waals surface area (Å²) in [7, 11) is 0. The van der Waals surface area contributed by atoms with E-state index in [4.69, 9.17) is 5.11 Å². The summed E-state index contributed by atoms with van der Waals surface area (Å²) in [5.41, 5.74) is -0.119. The highest BCUT2D eigenvalue weighted by Gasteiger charge is 2.41. The fourth-order valence-electron chi connectivity index (χ4n) is 2.66. The summed E-state index contributed by atoms with van der Waals surface area (Å²) in [4.78, 5) is 12.6. The third-order valence-corrected chi connectivity index (χ3v) is 3.12. The van der Waals surface area contributed by atoms with Crippen molar-refractivity contribution in [3.05, 3.63) is 0 Å². The fourth-order valence-corrected chi connectivity index (χ4v) is 2.66. The van der Waals surface area contributed by atoms with Gasteiger partial charge in [-0.05, 0) is 18.3 Å². The molecule has 1 heterocycles. The SMILES string of the molecule is CC(C)(C)[C@H]1C(CO)CCCN1C(=O)O. The van der Waals surface area contributed by atoms with Crippen molar-refractivity contribution in [1.29, 1.82) is 0 Å². The van der Waals surface area contributed by atoms with Gasteiger partial charge in [-0.25, -0.2) is 4.79 Å². The van der Waals surface area contributed by atoms with Crippen molar-refractivity contribution < 1.29 is 15.0 Å². The van der Waals surface area contributed by atoms with Crippen LogP contribution in [0.5, 0.6) is 0 Å². The van der Waals surface area contributed by atoms with Crippen molar-refractivity contribution in [2.24, 2.45) is 11.3 Å². The first kappa shape index (κ1) is 12.3. The number of carboxylic acid groups (broad SMARTS) is 1. The van der Waals surface area contributed by atoms with Crippen LogP contribution < -0.4 is 0 Å². The van der Waals surface area contributed by atoms with Gasteiger partial charge >= 0.3 is 6.09 Å². The zero-order valence-corrected chi connectivity index (χ0v) is 9.73. The minimum absolute atomic E-state index is 0.0751. The molecule has 0 spiro atoms. The molecular weight excluding hydrogens is 194 g/mol. The molecule has 1 fully saturated rings. The van der Waals surface area contributed by atoms with Crippen LogP contribution >= 0.6 is 0 Å². The van der Waals surface area contributed by atoms with Crippen molar-refractivity contribution in [1.82, 2.24) is 4.90 Å². The maximum Gasteiger partial charge on any atom is 0.407 e. The molecule has 1 aliphatic heterocycles. The van der Waals surface area contributed by atoms with Gasteiger partial charge in [0.05, 0.1) is 0 Å². The molecular formula is C11H21NO3. The zero-order chi connectivity index (χ0) is 11.6. The summed E-state index contributed by atoms with van der Waals surface area (Å²) in [5.74, 6) is 0.0786. The summed E-state index contributed by atoms with van der Waals surface area (Å²) in [6, 6.07) is -0.0752. The molecule has 1 rings (SSSR count). The maximum absolute atomic E-state index is 11.1. The molecule has 0 aliphatic carbocycles. The molecule has 0 aromatic heterocycles. The molecule has 1 aliphatic rings. The Labute approximate surface area is 90.9 Å². The second-order valence-corrected chi connectivity index (χ2v) is 5.37. The Morgan fingerprint density at radius 2 is 2.07 bits per heavy atom. The molecule has 0 radical (unpaired) electrons. The molecule has 1 amide bonds. The number of amides is 1. The lowest BCUT2D eigenvalue weighted by atomic mass is 9.74. The minimum atomic E-state index is -0.868. The van der Waals surface area contributed by atoms with Gasteiger partial charge in [-0.3, -0.25) is 0 Å². The van der Waals surface area contributed by atoms with Crippen molar-refractivity contribution in [3.63, 3.8) is 0 Å². The summed E-state index contributed by atoms with van der Waals surface area (Å²) in [6.45, 7) is 6.75. The Balaban J connectivity index is 2.91. The summed E-state index contributed by atoms with van der Waals surface area (Å²) >= 11 is 0. The van der Waals surface area contributed by atoms with E-state index in [0.717, 1.165) is 12.8 Å². The molecule has 2 N–H and O–H groups in total. The van der Waals surface area contributed by atoms with Crippen LogP contribution in [0.2, 0.25) is 0 Å². The van der Waals surface area contributed by atoms with E-state index in [-0.39, 0.29) is 24.0 Å². The minimum Gasteiger partial charge on any atom is -0.465 e. The van der Waals surface area contributed by atoms with E-state index in [1.165, 1.54) is 4.90 Å². The second kappa shape index (κ2) is 4.39. The topological polar surface area (TPSA) is 60.8 Å². The molecule has 4 nitrogen and oxygen atoms in total. The third-order valence-electron chi connectivity index (χ3n) is 3.12. The Bertz CT molecular complexity index is 234. The highest BCUT2D eigenvalue weighted by molar-refractivity contribution is 5.65. The van der Waals surface area contributed by atoms with Crippen molar-refractivity contribution in [2.45, 2.75) is 39.7 Å². The monoisotopic (exact) mass is 215 g/mol. The number of likely N-dealkylation sites (tertiary alicyclic amines) is 1. The number of rotatable bonds is 1. The Morgan fingerprint density at radius 3 is 2.47 bits per heavy atom. The van der Waals surface area contributed by atoms with Crippen LogP contribution in [0.25, 0.3) is 0 Å². The standard InChI is InChI=1S/C11H21NO3/c1-11(2,3)9-8(7-13)5-4-6-12(9)10(14)15/h8-9,13H,4-7H2,1-3H3,(H,14,15)/t8?,9-/m1/s1. The Kier molecular flexibility index (Phi) is 3.60. The predicted octanol–water partition coefficient (Wildman–Crippen LogP) is 1.78. The molecule has 1 unspecified atom stereocenters. The largest absolute Gasteiger partial charge is 0.465 e. The molecule has 2 atom stereocenters. The summed E-state index contributed by atoms with van der Waals surface area (Å²) in [5, 5.41) is 18.4. The Hall–Kier alpha value is -0.770. The predicted molar refractivity (Wildman–Crippen MR) is 57.8 cm³/mol. The highest BCUT2D eigenvalue weighted by Crippen LogP contribution is 2.35. The maximum atomic E-state index is 11.1. The average Bonchev–Trinajstić information content (AvgIpc) is 2.15. The van der Waals surface area contributed by atoms with Crippen LogP contribution in [0.3, 0.4) is 0 Å². The van der Waals surface area contributed by atoms with E-state index in [0.29, 0.717) is 6.54 Å². The lowest BCUT2D eigenvalue weighted by Crippen LogP contribution is -2.55. The molecule has 0 saturated carbocycles. The first-order valence-corrected chi connectivity index (χ1v) is 5.48. The highest BCUT2D eigenvalue weighted by atomic mass is 16.4. The van der Waals surface area contributed by atoms with Gasteiger partial charge in [0.2, 0.25) is 0 Å². The fraction of sp³-hybridized carbons (Fsp3) is 0.909. The van der Waals surface area contributed by atoms with Gasteiger partial charge in [-0.15, -0.1) is 0 Å². The van der Waals surface area contributed by atoms with Crippen LogP contribution in [-0.4, -0.2) is 40.4 Å². The number of nitrogens with zero attached hydrogens (tertiary/aromatic N) is 1. The molecule has 88 valence electrons. The van der Waals surface area contributed by atoms with Crippen molar-refractivity contribution in [2.75, 3.05) is 13.2 Å². The van der Waals surface area contributed by atoms with Gasteiger partial charge in [-0.1, -0.05) is 20.8 Å². The molecule has 15 heavy (non-hydrogen) atoms. The summed E-state index contributed by atoms with van der Waals surface area (Å²) < 4.78 is 0. The van der Waals surface area contributed by atoms with Crippen molar-refractivity contribution >= 4 is 6.09 Å². The van der Waals surface area contributed by atoms with Gasteiger partial charge < -0.3 is 15.1 Å². The number of hydrogen-bond donors (Lipinski definition) is 2. The number of piperidine rings is 1. The van der Waals surface area contributed by atoms with Gasteiger partial charge in [0.25, 0.3) is 0 Å². The molecule has 1 saturated heterocycles. The number of aliphatic hydroxyl groups excluding tert-OH is 1. The molecule has 0 bridgehead atoms. The molecule has 4 heteroatoms. The second-order valence-electron chi connectivity index (χ2n) is 5.37. The van der Waals surface area contributed by atoms with Gasteiger partial charge in [-0.2, -0.15) is 0 Å². The smallest absolute Gasteiger partial charge is 0.407 e. The van der Waals surface area contributed by atoms with Crippen LogP contribution in [0.1, 0.15) is 33.6 Å². The van der Waals surface area contributed by atoms with E-state index in [1.807, 2.05) is 20.8 Å². The molecule has 0 aromatic rings. The van der Waals surface area contributed by atoms with Crippen LogP contribution in [0.15, 0.2) is 0 Å². The van der Waals surface area contributed by atoms with E-state index in [2.05, 4.69) is 0 Å². The van der Waals surface area contributed by atoms with Crippen molar-refractivity contribution in [3.8, 4) is 0 Å². The number of carbonyl (C=O) groups is 1. The quantitative estimate of drug-likeness (QED) is 0.701. The van der Waals surface area contributed by atoms with Gasteiger partial charge in [0.15, 0.2) is 0 Å². The normalized spacial score (nSPS) is 27.9. The third kappa shape index (κ3) is 2.62. The molecule has 0 aromatic carbocycles. The van der Waals surface area contributed by atoms with E-state index in [9.17, 15) is 9.90 Å². The van der Waals surface area contributed by atoms with Gasteiger partial charge in [0, 0.05) is 25.1 Å². The average molecular weight is 215 g/mol. The Morgan fingerprint density at radius 1 is 1.47 bits per heavy atom. The van der Waals surface area contributed by atoms with E-state index >= 15 is 0 Å². The number of aliphatic hydroxyl groups is 1. The van der Waals surface area contributed by atoms with Gasteiger partial charge in [0.1, 0.15) is 0 Å². The van der Waals surface area contributed by atoms with Crippen LogP contribution in [-0.2, 0) is 0 Å². The lowest BCUT2D eigenvalue weighted by molar-refractivity contribution is 0.00273. The van der Waals surface area contributed by atoms with Crippen LogP contribution in [0, 0.1) is 11.3 Å². The number of hydrogen-bond acceptors (Lipinski definition) is 2. The first-order valence-electron chi connectivity index (χ1n) is 5.48. The van der Waals surface area contributed by atoms with E-state index < -0.39 is 6.09 Å². The summed E-state index contributed by atoms with van der Waals surface area (Å²) in [6.07, 6.45) is 0.903. The van der Waals surface area contributed by atoms with Crippen LogP contribution in [0.4, 0.5) is 4.79 Å². The lowest BCUT2D eigenvalue weighted by Gasteiger charge is -2.46. The zero-order valence-electron chi connectivity index (χ0n) is 9.73.